The number of amides is 2. The Balaban J connectivity index is 1.92. The first-order valence-electron chi connectivity index (χ1n) is 7.71. The molecule has 0 spiro atoms. The van der Waals surface area contributed by atoms with Gasteiger partial charge < -0.3 is 14.8 Å². The van der Waals surface area contributed by atoms with Crippen molar-refractivity contribution in [1.82, 2.24) is 10.7 Å². The second kappa shape index (κ2) is 9.54. The van der Waals surface area contributed by atoms with Gasteiger partial charge in [-0.1, -0.05) is 17.7 Å². The van der Waals surface area contributed by atoms with Crippen LogP contribution in [0.5, 0.6) is 11.5 Å². The maximum Gasteiger partial charge on any atom is 0.259 e. The molecule has 142 valence electrons. The predicted octanol–water partition coefficient (Wildman–Crippen LogP) is 2.38. The van der Waals surface area contributed by atoms with Gasteiger partial charge in [0.05, 0.1) is 32.0 Å². The van der Waals surface area contributed by atoms with Crippen LogP contribution in [0.2, 0.25) is 5.02 Å². The van der Waals surface area contributed by atoms with E-state index in [1.807, 2.05) is 0 Å². The fraction of sp³-hybridized carbons (Fsp3) is 0.167. The lowest BCUT2D eigenvalue weighted by Crippen LogP contribution is -2.34. The third kappa shape index (κ3) is 5.68. The number of carbonyl (C=O) groups excluding carboxylic acids is 2. The van der Waals surface area contributed by atoms with Crippen LogP contribution in [0.25, 0.3) is 0 Å². The zero-order valence-electron chi connectivity index (χ0n) is 14.6. The number of halogens is 2. The van der Waals surface area contributed by atoms with Crippen molar-refractivity contribution in [3.8, 4) is 11.5 Å². The fourth-order valence-electron chi connectivity index (χ4n) is 2.04. The minimum absolute atomic E-state index is 0.0481. The van der Waals surface area contributed by atoms with Gasteiger partial charge in [-0.25, -0.2) is 9.82 Å². The molecule has 0 fully saturated rings. The lowest BCUT2D eigenvalue weighted by atomic mass is 10.2. The molecule has 2 rings (SSSR count). The summed E-state index contributed by atoms with van der Waals surface area (Å²) in [6.07, 6.45) is 1.09. The van der Waals surface area contributed by atoms with Crippen molar-refractivity contribution in [2.75, 3.05) is 20.8 Å². The van der Waals surface area contributed by atoms with Gasteiger partial charge in [-0.15, -0.1) is 0 Å². The maximum absolute atomic E-state index is 13.6. The Labute approximate surface area is 160 Å². The van der Waals surface area contributed by atoms with E-state index in [4.69, 9.17) is 21.1 Å². The van der Waals surface area contributed by atoms with Crippen molar-refractivity contribution in [3.05, 3.63) is 58.4 Å². The zero-order valence-corrected chi connectivity index (χ0v) is 15.3. The van der Waals surface area contributed by atoms with Crippen LogP contribution in [0.1, 0.15) is 15.9 Å². The number of hydrogen-bond acceptors (Lipinski definition) is 5. The van der Waals surface area contributed by atoms with Crippen LogP contribution in [-0.4, -0.2) is 38.8 Å². The van der Waals surface area contributed by atoms with Crippen molar-refractivity contribution in [2.24, 2.45) is 5.10 Å². The molecule has 0 atom stereocenters. The molecule has 0 saturated carbocycles. The number of rotatable bonds is 7. The van der Waals surface area contributed by atoms with Crippen molar-refractivity contribution in [1.29, 1.82) is 0 Å². The number of methoxy groups -OCH3 is 2. The van der Waals surface area contributed by atoms with Crippen molar-refractivity contribution in [2.45, 2.75) is 0 Å². The van der Waals surface area contributed by atoms with Gasteiger partial charge >= 0.3 is 0 Å². The van der Waals surface area contributed by atoms with E-state index in [0.29, 0.717) is 11.5 Å². The highest BCUT2D eigenvalue weighted by atomic mass is 35.5. The highest BCUT2D eigenvalue weighted by molar-refractivity contribution is 6.33. The molecule has 0 aliphatic heterocycles. The monoisotopic (exact) mass is 393 g/mol. The molecule has 9 heteroatoms. The molecule has 2 amide bonds. The number of ether oxygens (including phenoxy) is 2. The Morgan fingerprint density at radius 1 is 1.19 bits per heavy atom. The van der Waals surface area contributed by atoms with E-state index < -0.39 is 17.6 Å². The summed E-state index contributed by atoms with van der Waals surface area (Å²) in [7, 11) is 2.92. The molecule has 2 aromatic carbocycles. The molecule has 0 heterocycles. The number of nitrogens with zero attached hydrogens (tertiary/aromatic N) is 1. The van der Waals surface area contributed by atoms with Gasteiger partial charge in [-0.2, -0.15) is 5.10 Å². The summed E-state index contributed by atoms with van der Waals surface area (Å²) >= 11 is 5.84. The molecule has 27 heavy (non-hydrogen) atoms. The Morgan fingerprint density at radius 3 is 2.44 bits per heavy atom. The van der Waals surface area contributed by atoms with Crippen molar-refractivity contribution in [3.63, 3.8) is 0 Å². The van der Waals surface area contributed by atoms with Crippen LogP contribution < -0.4 is 20.2 Å². The van der Waals surface area contributed by atoms with E-state index in [-0.39, 0.29) is 22.7 Å². The summed E-state index contributed by atoms with van der Waals surface area (Å²) in [5, 5.41) is 6.23. The predicted molar refractivity (Wildman–Crippen MR) is 99.0 cm³/mol. The second-order valence-electron chi connectivity index (χ2n) is 5.21. The lowest BCUT2D eigenvalue weighted by molar-refractivity contribution is -0.120. The number of benzene rings is 2. The SMILES string of the molecule is COc1cc(OC)cc(C(=O)NCC(=O)N/N=C/c2c(F)cccc2Cl)c1. The Kier molecular flexibility index (Phi) is 7.13. The molecule has 0 bridgehead atoms. The van der Waals surface area contributed by atoms with Crippen molar-refractivity contribution >= 4 is 29.6 Å². The van der Waals surface area contributed by atoms with E-state index in [2.05, 4.69) is 15.8 Å². The first-order valence-corrected chi connectivity index (χ1v) is 8.09. The molecule has 0 saturated heterocycles. The molecule has 0 aromatic heterocycles. The minimum Gasteiger partial charge on any atom is -0.497 e. The van der Waals surface area contributed by atoms with Gasteiger partial charge in [0.2, 0.25) is 0 Å². The summed E-state index contributed by atoms with van der Waals surface area (Å²) in [4.78, 5) is 23.9. The number of carbonyl (C=O) groups is 2. The van der Waals surface area contributed by atoms with E-state index in [0.717, 1.165) is 6.21 Å². The Morgan fingerprint density at radius 2 is 1.85 bits per heavy atom. The average Bonchev–Trinajstić information content (AvgIpc) is 2.67. The van der Waals surface area contributed by atoms with Gasteiger partial charge in [0, 0.05) is 17.2 Å². The smallest absolute Gasteiger partial charge is 0.259 e. The number of hydrogen-bond donors (Lipinski definition) is 2. The normalized spacial score (nSPS) is 10.5. The van der Waals surface area contributed by atoms with Gasteiger partial charge in [-0.3, -0.25) is 9.59 Å². The topological polar surface area (TPSA) is 89.0 Å². The van der Waals surface area contributed by atoms with Crippen LogP contribution >= 0.6 is 11.6 Å². The van der Waals surface area contributed by atoms with Gasteiger partial charge in [0.1, 0.15) is 17.3 Å². The van der Waals surface area contributed by atoms with Gasteiger partial charge in [0.15, 0.2) is 0 Å². The molecule has 0 aliphatic carbocycles. The molecule has 0 aliphatic rings. The van der Waals surface area contributed by atoms with Gasteiger partial charge in [-0.05, 0) is 24.3 Å². The summed E-state index contributed by atoms with van der Waals surface area (Å²) in [5.74, 6) is -0.781. The van der Waals surface area contributed by atoms with Crippen LogP contribution in [0.15, 0.2) is 41.5 Å². The molecule has 2 aromatic rings. The van der Waals surface area contributed by atoms with Crippen LogP contribution in [-0.2, 0) is 4.79 Å². The largest absolute Gasteiger partial charge is 0.497 e. The molecule has 0 radical (unpaired) electrons. The third-order valence-corrected chi connectivity index (χ3v) is 3.74. The van der Waals surface area contributed by atoms with E-state index in [9.17, 15) is 14.0 Å². The summed E-state index contributed by atoms with van der Waals surface area (Å²) in [5.41, 5.74) is 2.49. The first-order chi connectivity index (χ1) is 12.9. The fourth-order valence-corrected chi connectivity index (χ4v) is 2.26. The Hall–Kier alpha value is -3.13. The summed E-state index contributed by atoms with van der Waals surface area (Å²) < 4.78 is 23.7. The molecule has 2 N–H and O–H groups in total. The lowest BCUT2D eigenvalue weighted by Gasteiger charge is -2.09. The molecular formula is C18H17ClFN3O4. The molecule has 0 unspecified atom stereocenters. The molecule has 7 nitrogen and oxygen atoms in total. The highest BCUT2D eigenvalue weighted by Gasteiger charge is 2.11. The number of hydrazone groups is 1. The van der Waals surface area contributed by atoms with E-state index in [1.165, 1.54) is 44.6 Å². The van der Waals surface area contributed by atoms with Crippen LogP contribution in [0.3, 0.4) is 0 Å². The Bertz CT molecular complexity index is 831. The maximum atomic E-state index is 13.6. The summed E-state index contributed by atoms with van der Waals surface area (Å²) in [6, 6.07) is 8.80. The number of nitrogens with one attached hydrogen (secondary N) is 2. The first kappa shape index (κ1) is 20.2. The minimum atomic E-state index is -0.595. The van der Waals surface area contributed by atoms with E-state index in [1.54, 1.807) is 6.07 Å². The van der Waals surface area contributed by atoms with Crippen molar-refractivity contribution < 1.29 is 23.5 Å². The van der Waals surface area contributed by atoms with E-state index >= 15 is 0 Å². The van der Waals surface area contributed by atoms with Crippen LogP contribution in [0, 0.1) is 5.82 Å². The standard InChI is InChI=1S/C18H17ClFN3O4/c1-26-12-6-11(7-13(8-12)27-2)18(25)21-10-17(24)23-22-9-14-15(19)4-3-5-16(14)20/h3-9H,10H2,1-2H3,(H,21,25)(H,23,24)/b22-9+. The second-order valence-corrected chi connectivity index (χ2v) is 5.62. The van der Waals surface area contributed by atoms with Crippen LogP contribution in [0.4, 0.5) is 4.39 Å². The molecular weight excluding hydrogens is 377 g/mol. The highest BCUT2D eigenvalue weighted by Crippen LogP contribution is 2.22. The third-order valence-electron chi connectivity index (χ3n) is 3.41. The zero-order chi connectivity index (χ0) is 19.8. The quantitative estimate of drug-likeness (QED) is 0.558. The van der Waals surface area contributed by atoms with Gasteiger partial charge in [0.25, 0.3) is 11.8 Å². The average molecular weight is 394 g/mol. The summed E-state index contributed by atoms with van der Waals surface area (Å²) in [6.45, 7) is -0.333.